The van der Waals surface area contributed by atoms with Crippen molar-refractivity contribution >= 4 is 28.8 Å². The first-order chi connectivity index (χ1) is 13.5. The number of rotatable bonds is 12. The summed E-state index contributed by atoms with van der Waals surface area (Å²) in [6, 6.07) is 10.9. The van der Waals surface area contributed by atoms with Crippen molar-refractivity contribution in [1.82, 2.24) is 0 Å². The van der Waals surface area contributed by atoms with Crippen LogP contribution in [0, 0.1) is 0 Å². The number of para-hydroxylation sites is 1. The first-order valence-electron chi connectivity index (χ1n) is 10.2. The Labute approximate surface area is 179 Å². The molecule has 29 heavy (non-hydrogen) atoms. The van der Waals surface area contributed by atoms with Crippen LogP contribution in [-0.2, 0) is 22.5 Å². The van der Waals surface area contributed by atoms with E-state index in [2.05, 4.69) is 50.9 Å². The van der Waals surface area contributed by atoms with Gasteiger partial charge in [-0.05, 0) is 36.7 Å². The van der Waals surface area contributed by atoms with Gasteiger partial charge < -0.3 is 22.6 Å². The van der Waals surface area contributed by atoms with Gasteiger partial charge in [0.15, 0.2) is 0 Å². The highest BCUT2D eigenvalue weighted by Crippen LogP contribution is 2.36. The van der Waals surface area contributed by atoms with E-state index in [4.69, 9.17) is 17.7 Å². The van der Waals surface area contributed by atoms with Gasteiger partial charge in [-0.2, -0.15) is 0 Å². The zero-order valence-corrected chi connectivity index (χ0v) is 21.4. The molecule has 0 aliphatic heterocycles. The molecule has 0 aliphatic rings. The maximum absolute atomic E-state index is 12.5. The highest BCUT2D eigenvalue weighted by molar-refractivity contribution is 6.75. The van der Waals surface area contributed by atoms with Crippen molar-refractivity contribution in [1.29, 1.82) is 0 Å². The molecule has 8 heteroatoms. The van der Waals surface area contributed by atoms with Crippen LogP contribution in [0.15, 0.2) is 30.3 Å². The van der Waals surface area contributed by atoms with E-state index < -0.39 is 17.1 Å². The Morgan fingerprint density at radius 1 is 0.966 bits per heavy atom. The van der Waals surface area contributed by atoms with Crippen molar-refractivity contribution in [3.63, 3.8) is 0 Å². The van der Waals surface area contributed by atoms with E-state index in [9.17, 15) is 4.79 Å². The molecule has 0 saturated carbocycles. The lowest BCUT2D eigenvalue weighted by Crippen LogP contribution is -2.44. The predicted molar refractivity (Wildman–Crippen MR) is 123 cm³/mol. The summed E-state index contributed by atoms with van der Waals surface area (Å²) in [7, 11) is 0.198. The molecule has 0 spiro atoms. The van der Waals surface area contributed by atoms with Crippen molar-refractivity contribution in [2.45, 2.75) is 57.8 Å². The molecular weight excluding hydrogens is 402 g/mol. The zero-order chi connectivity index (χ0) is 22.1. The monoisotopic (exact) mass is 441 g/mol. The Morgan fingerprint density at radius 3 is 2.00 bits per heavy atom. The number of anilines is 1. The Balaban J connectivity index is 2.74. The van der Waals surface area contributed by atoms with Gasteiger partial charge in [0.1, 0.15) is 0 Å². The van der Waals surface area contributed by atoms with Gasteiger partial charge in [-0.25, -0.2) is 0 Å². The maximum Gasteiger partial charge on any atom is 0.500 e. The van der Waals surface area contributed by atoms with E-state index in [-0.39, 0.29) is 11.0 Å². The lowest BCUT2D eigenvalue weighted by Gasteiger charge is -2.35. The molecule has 0 bridgehead atoms. The van der Waals surface area contributed by atoms with Crippen LogP contribution in [0.3, 0.4) is 0 Å². The van der Waals surface area contributed by atoms with Crippen LogP contribution in [0.4, 0.5) is 5.69 Å². The van der Waals surface area contributed by atoms with Crippen molar-refractivity contribution in [2.75, 3.05) is 39.3 Å². The lowest BCUT2D eigenvalue weighted by molar-refractivity contribution is -0.135. The Kier molecular flexibility index (Phi) is 10.0. The number of carbonyl (C=O) groups is 1. The van der Waals surface area contributed by atoms with Gasteiger partial charge in [-0.15, -0.1) is 0 Å². The maximum atomic E-state index is 12.5. The number of benzene rings is 1. The molecule has 0 fully saturated rings. The fourth-order valence-electron chi connectivity index (χ4n) is 2.77. The van der Waals surface area contributed by atoms with Crippen LogP contribution in [0.1, 0.15) is 33.6 Å². The van der Waals surface area contributed by atoms with E-state index in [0.717, 1.165) is 18.7 Å². The summed E-state index contributed by atoms with van der Waals surface area (Å²) in [5.74, 6) is -0.119. The minimum atomic E-state index is -2.60. The van der Waals surface area contributed by atoms with Crippen LogP contribution < -0.4 is 4.90 Å². The van der Waals surface area contributed by atoms with Gasteiger partial charge in [0.05, 0.1) is 6.42 Å². The lowest BCUT2D eigenvalue weighted by atomic mass is 10.2. The van der Waals surface area contributed by atoms with Crippen molar-refractivity contribution in [2.24, 2.45) is 0 Å². The number of carbonyl (C=O) groups excluding carboxylic acids is 1. The molecule has 0 unspecified atom stereocenters. The third-order valence-electron chi connectivity index (χ3n) is 5.73. The van der Waals surface area contributed by atoms with E-state index >= 15 is 0 Å². The molecule has 0 aromatic heterocycles. The van der Waals surface area contributed by atoms with Crippen LogP contribution in [0.5, 0.6) is 0 Å². The van der Waals surface area contributed by atoms with Gasteiger partial charge in [0.25, 0.3) is 14.3 Å². The van der Waals surface area contributed by atoms with Crippen LogP contribution in [0.25, 0.3) is 0 Å². The molecular formula is C21H39NO5Si2. The van der Waals surface area contributed by atoms with Crippen molar-refractivity contribution in [3.8, 4) is 0 Å². The second-order valence-electron chi connectivity index (χ2n) is 8.71. The minimum Gasteiger partial charge on any atom is -0.519 e. The van der Waals surface area contributed by atoms with Crippen LogP contribution in [-0.4, -0.2) is 57.5 Å². The number of nitrogens with zero attached hydrogens (tertiary/aromatic N) is 1. The van der Waals surface area contributed by atoms with Crippen molar-refractivity contribution < 1.29 is 22.5 Å². The molecule has 0 heterocycles. The third kappa shape index (κ3) is 7.86. The Hall–Kier alpha value is -1.20. The molecule has 0 aliphatic carbocycles. The standard InChI is InChI=1S/C21H39NO5Si2/c1-21(2,3)28(7,8)27-20(23)15-17-22(19-13-10-9-11-14-19)16-12-18-29(24-4,25-5)26-6/h9-11,13-14H,12,15-18H2,1-8H3. The molecule has 0 amide bonds. The summed E-state index contributed by atoms with van der Waals surface area (Å²) in [6.45, 7) is 12.0. The van der Waals surface area contributed by atoms with Gasteiger partial charge in [0.2, 0.25) is 0 Å². The second kappa shape index (κ2) is 11.3. The highest BCUT2D eigenvalue weighted by atomic mass is 28.4. The van der Waals surface area contributed by atoms with E-state index in [0.29, 0.717) is 19.0 Å². The molecule has 1 aromatic rings. The number of hydrogen-bond donors (Lipinski definition) is 0. The van der Waals surface area contributed by atoms with Crippen LogP contribution >= 0.6 is 0 Å². The molecule has 6 nitrogen and oxygen atoms in total. The highest BCUT2D eigenvalue weighted by Gasteiger charge is 2.40. The number of hydrogen-bond acceptors (Lipinski definition) is 6. The van der Waals surface area contributed by atoms with Gasteiger partial charge in [0, 0.05) is 46.2 Å². The molecule has 0 radical (unpaired) electrons. The summed E-state index contributed by atoms with van der Waals surface area (Å²) in [4.78, 5) is 14.8. The van der Waals surface area contributed by atoms with E-state index in [1.54, 1.807) is 21.3 Å². The fraction of sp³-hybridized carbons (Fsp3) is 0.667. The molecule has 1 aromatic carbocycles. The zero-order valence-electron chi connectivity index (χ0n) is 19.4. The quantitative estimate of drug-likeness (QED) is 0.438. The first-order valence-corrected chi connectivity index (χ1v) is 15.0. The average Bonchev–Trinajstić information content (AvgIpc) is 2.67. The molecule has 0 atom stereocenters. The van der Waals surface area contributed by atoms with E-state index in [1.807, 2.05) is 18.2 Å². The summed E-state index contributed by atoms with van der Waals surface area (Å²) in [5.41, 5.74) is 1.09. The summed E-state index contributed by atoms with van der Waals surface area (Å²) < 4.78 is 22.5. The third-order valence-corrected chi connectivity index (χ3v) is 12.9. The predicted octanol–water partition coefficient (Wildman–Crippen LogP) is 4.70. The molecule has 166 valence electrons. The van der Waals surface area contributed by atoms with Crippen molar-refractivity contribution in [3.05, 3.63) is 30.3 Å². The van der Waals surface area contributed by atoms with Gasteiger partial charge in [-0.1, -0.05) is 39.0 Å². The first kappa shape index (κ1) is 25.8. The Morgan fingerprint density at radius 2 is 1.52 bits per heavy atom. The normalized spacial score (nSPS) is 12.7. The van der Waals surface area contributed by atoms with Gasteiger partial charge in [-0.3, -0.25) is 4.79 Å². The van der Waals surface area contributed by atoms with Gasteiger partial charge >= 0.3 is 8.80 Å². The average molecular weight is 442 g/mol. The summed E-state index contributed by atoms with van der Waals surface area (Å²) >= 11 is 0. The summed E-state index contributed by atoms with van der Waals surface area (Å²) in [5, 5.41) is 0.0101. The summed E-state index contributed by atoms with van der Waals surface area (Å²) in [6.07, 6.45) is 1.21. The molecule has 1 rings (SSSR count). The Bertz CT molecular complexity index is 607. The smallest absolute Gasteiger partial charge is 0.500 e. The topological polar surface area (TPSA) is 57.2 Å². The largest absolute Gasteiger partial charge is 0.519 e. The minimum absolute atomic E-state index is 0.0101. The SMILES string of the molecule is CO[Si](CCCN(CCC(=O)O[Si](C)(C)C(C)(C)C)c1ccccc1)(OC)OC. The van der Waals surface area contributed by atoms with Crippen LogP contribution in [0.2, 0.25) is 24.2 Å². The fourth-order valence-corrected chi connectivity index (χ4v) is 5.45. The van der Waals surface area contributed by atoms with E-state index in [1.165, 1.54) is 0 Å². The molecule has 0 N–H and O–H groups in total. The second-order valence-corrected chi connectivity index (χ2v) is 16.5. The molecule has 0 saturated heterocycles.